The van der Waals surface area contributed by atoms with E-state index in [4.69, 9.17) is 0 Å². The van der Waals surface area contributed by atoms with E-state index >= 15 is 0 Å². The van der Waals surface area contributed by atoms with Crippen molar-refractivity contribution in [3.05, 3.63) is 28.7 Å². The standard InChI is InChI=1S/C22H28N6O4/c1-25-20-15(26-10-7-14(8-11-26)27-12-9-23-13-19(27)30)3-2-4-16(20)28(22(25)32)17-5-6-18(29)24-21(17)31/h2-4,14,17,23H,5-13H2,1H3,(H,24,29,31). The van der Waals surface area contributed by atoms with Crippen molar-refractivity contribution in [2.75, 3.05) is 37.6 Å². The number of imidazole rings is 1. The van der Waals surface area contributed by atoms with Gasteiger partial charge in [-0.25, -0.2) is 4.79 Å². The van der Waals surface area contributed by atoms with Gasteiger partial charge in [0.15, 0.2) is 0 Å². The first kappa shape index (κ1) is 20.7. The summed E-state index contributed by atoms with van der Waals surface area (Å²) in [6.07, 6.45) is 2.29. The number of carbonyl (C=O) groups is 3. The summed E-state index contributed by atoms with van der Waals surface area (Å²) >= 11 is 0. The normalized spacial score (nSPS) is 23.2. The summed E-state index contributed by atoms with van der Waals surface area (Å²) in [5, 5.41) is 5.47. The number of aromatic nitrogens is 2. The van der Waals surface area contributed by atoms with E-state index in [1.54, 1.807) is 11.6 Å². The van der Waals surface area contributed by atoms with Gasteiger partial charge in [-0.05, 0) is 31.4 Å². The van der Waals surface area contributed by atoms with E-state index in [1.165, 1.54) is 4.57 Å². The van der Waals surface area contributed by atoms with Crippen molar-refractivity contribution in [2.24, 2.45) is 7.05 Å². The van der Waals surface area contributed by atoms with Crippen LogP contribution in [0.5, 0.6) is 0 Å². The van der Waals surface area contributed by atoms with Crippen LogP contribution in [0, 0.1) is 0 Å². The zero-order valence-corrected chi connectivity index (χ0v) is 18.2. The average molecular weight is 441 g/mol. The average Bonchev–Trinajstić information content (AvgIpc) is 3.05. The number of aryl methyl sites for hydroxylation is 1. The van der Waals surface area contributed by atoms with Gasteiger partial charge in [-0.3, -0.25) is 28.8 Å². The topological polar surface area (TPSA) is 109 Å². The van der Waals surface area contributed by atoms with Gasteiger partial charge >= 0.3 is 5.69 Å². The molecule has 3 saturated heterocycles. The van der Waals surface area contributed by atoms with E-state index in [-0.39, 0.29) is 30.0 Å². The number of anilines is 1. The number of piperazine rings is 1. The molecule has 0 bridgehead atoms. The number of rotatable bonds is 3. The van der Waals surface area contributed by atoms with Gasteiger partial charge in [-0.2, -0.15) is 0 Å². The monoisotopic (exact) mass is 440 g/mol. The highest BCUT2D eigenvalue weighted by molar-refractivity contribution is 6.00. The summed E-state index contributed by atoms with van der Waals surface area (Å²) in [6.45, 7) is 3.58. The lowest BCUT2D eigenvalue weighted by Gasteiger charge is -2.41. The van der Waals surface area contributed by atoms with Gasteiger partial charge in [0.05, 0.1) is 23.3 Å². The number of nitrogens with one attached hydrogen (secondary N) is 2. The van der Waals surface area contributed by atoms with Gasteiger partial charge in [-0.1, -0.05) is 6.07 Å². The Bertz CT molecular complexity index is 1140. The number of nitrogens with zero attached hydrogens (tertiary/aromatic N) is 4. The second kappa shape index (κ2) is 8.09. The molecule has 1 atom stereocenters. The van der Waals surface area contributed by atoms with Crippen LogP contribution in [0.4, 0.5) is 5.69 Å². The molecule has 3 amide bonds. The lowest BCUT2D eigenvalue weighted by molar-refractivity contribution is -0.136. The summed E-state index contributed by atoms with van der Waals surface area (Å²) in [7, 11) is 1.72. The number of fused-ring (bicyclic) bond motifs is 1. The Morgan fingerprint density at radius 3 is 2.50 bits per heavy atom. The third-order valence-corrected chi connectivity index (χ3v) is 6.98. The maximum atomic E-state index is 13.1. The Balaban J connectivity index is 1.44. The molecule has 10 nitrogen and oxygen atoms in total. The van der Waals surface area contributed by atoms with Crippen molar-refractivity contribution in [2.45, 2.75) is 37.8 Å². The lowest BCUT2D eigenvalue weighted by Crippen LogP contribution is -2.55. The maximum absolute atomic E-state index is 13.1. The summed E-state index contributed by atoms with van der Waals surface area (Å²) in [5.74, 6) is -0.561. The van der Waals surface area contributed by atoms with Crippen molar-refractivity contribution >= 4 is 34.4 Å². The van der Waals surface area contributed by atoms with Crippen LogP contribution < -0.4 is 21.2 Å². The Labute approximate surface area is 185 Å². The van der Waals surface area contributed by atoms with Gasteiger partial charge in [-0.15, -0.1) is 0 Å². The lowest BCUT2D eigenvalue weighted by atomic mass is 10.0. The quantitative estimate of drug-likeness (QED) is 0.636. The van der Waals surface area contributed by atoms with Gasteiger partial charge in [0.2, 0.25) is 17.7 Å². The molecule has 0 radical (unpaired) electrons. The van der Waals surface area contributed by atoms with Crippen LogP contribution in [0.2, 0.25) is 0 Å². The smallest absolute Gasteiger partial charge is 0.329 e. The van der Waals surface area contributed by atoms with Gasteiger partial charge in [0, 0.05) is 45.7 Å². The maximum Gasteiger partial charge on any atom is 0.329 e. The summed E-state index contributed by atoms with van der Waals surface area (Å²) in [5.41, 5.74) is 2.18. The molecular weight excluding hydrogens is 412 g/mol. The SMILES string of the molecule is Cn1c(=O)n(C2CCC(=O)NC2=O)c2cccc(N3CCC(N4CCNCC4=O)CC3)c21. The molecule has 10 heteroatoms. The molecule has 3 fully saturated rings. The van der Waals surface area contributed by atoms with Crippen molar-refractivity contribution in [1.82, 2.24) is 24.7 Å². The van der Waals surface area contributed by atoms with Gasteiger partial charge in [0.1, 0.15) is 6.04 Å². The Morgan fingerprint density at radius 1 is 1.00 bits per heavy atom. The third-order valence-electron chi connectivity index (χ3n) is 6.98. The van der Waals surface area contributed by atoms with Crippen molar-refractivity contribution < 1.29 is 14.4 Å². The number of para-hydroxylation sites is 1. The highest BCUT2D eigenvalue weighted by Crippen LogP contribution is 2.31. The minimum Gasteiger partial charge on any atom is -0.370 e. The van der Waals surface area contributed by atoms with Crippen LogP contribution >= 0.6 is 0 Å². The highest BCUT2D eigenvalue weighted by Gasteiger charge is 2.33. The summed E-state index contributed by atoms with van der Waals surface area (Å²) in [4.78, 5) is 53.7. The number of benzene rings is 1. The number of hydrogen-bond acceptors (Lipinski definition) is 6. The number of imide groups is 1. The predicted molar refractivity (Wildman–Crippen MR) is 118 cm³/mol. The highest BCUT2D eigenvalue weighted by atomic mass is 16.2. The second-order valence-corrected chi connectivity index (χ2v) is 8.81. The van der Waals surface area contributed by atoms with Crippen LogP contribution in [0.15, 0.2) is 23.0 Å². The molecular formula is C22H28N6O4. The molecule has 1 unspecified atom stereocenters. The first-order chi connectivity index (χ1) is 15.5. The first-order valence-electron chi connectivity index (χ1n) is 11.2. The van der Waals surface area contributed by atoms with E-state index in [0.717, 1.165) is 50.2 Å². The number of amides is 3. The molecule has 3 aliphatic rings. The van der Waals surface area contributed by atoms with Crippen molar-refractivity contribution in [3.63, 3.8) is 0 Å². The third kappa shape index (κ3) is 3.38. The number of carbonyl (C=O) groups excluding carboxylic acids is 3. The number of piperidine rings is 2. The van der Waals surface area contributed by atoms with Crippen LogP contribution in [0.1, 0.15) is 31.7 Å². The molecule has 1 aromatic heterocycles. The van der Waals surface area contributed by atoms with Gasteiger partial charge < -0.3 is 15.1 Å². The molecule has 2 N–H and O–H groups in total. The van der Waals surface area contributed by atoms with Crippen LogP contribution in [0.3, 0.4) is 0 Å². The van der Waals surface area contributed by atoms with E-state index in [1.807, 2.05) is 23.1 Å². The molecule has 32 heavy (non-hydrogen) atoms. The van der Waals surface area contributed by atoms with Crippen LogP contribution in [-0.2, 0) is 21.4 Å². The Morgan fingerprint density at radius 2 is 1.78 bits per heavy atom. The molecule has 3 aliphatic heterocycles. The van der Waals surface area contributed by atoms with Crippen LogP contribution in [-0.4, -0.2) is 70.5 Å². The molecule has 0 saturated carbocycles. The minimum absolute atomic E-state index is 0.167. The molecule has 0 aliphatic carbocycles. The molecule has 0 spiro atoms. The molecule has 1 aromatic carbocycles. The van der Waals surface area contributed by atoms with Crippen LogP contribution in [0.25, 0.3) is 11.0 Å². The summed E-state index contributed by atoms with van der Waals surface area (Å²) in [6, 6.07) is 5.33. The number of hydrogen-bond donors (Lipinski definition) is 2. The zero-order chi connectivity index (χ0) is 22.4. The molecule has 2 aromatic rings. The molecule has 170 valence electrons. The first-order valence-corrected chi connectivity index (χ1v) is 11.2. The summed E-state index contributed by atoms with van der Waals surface area (Å²) < 4.78 is 3.12. The van der Waals surface area contributed by atoms with Crippen molar-refractivity contribution in [1.29, 1.82) is 0 Å². The largest absolute Gasteiger partial charge is 0.370 e. The predicted octanol–water partition coefficient (Wildman–Crippen LogP) is -0.282. The fourth-order valence-electron chi connectivity index (χ4n) is 5.33. The van der Waals surface area contributed by atoms with Gasteiger partial charge in [0.25, 0.3) is 0 Å². The fourth-order valence-corrected chi connectivity index (χ4v) is 5.33. The molecule has 5 rings (SSSR count). The zero-order valence-electron chi connectivity index (χ0n) is 18.2. The van der Waals surface area contributed by atoms with E-state index < -0.39 is 11.9 Å². The minimum atomic E-state index is -0.691. The Hall–Kier alpha value is -3.14. The van der Waals surface area contributed by atoms with E-state index in [9.17, 15) is 19.2 Å². The fraction of sp³-hybridized carbons (Fsp3) is 0.545. The van der Waals surface area contributed by atoms with E-state index in [2.05, 4.69) is 15.5 Å². The Kier molecular flexibility index (Phi) is 5.24. The second-order valence-electron chi connectivity index (χ2n) is 8.81. The van der Waals surface area contributed by atoms with E-state index in [0.29, 0.717) is 18.5 Å². The van der Waals surface area contributed by atoms with Crippen molar-refractivity contribution in [3.8, 4) is 0 Å². The molecule has 4 heterocycles.